The molecular formula is C14H16N2. The van der Waals surface area contributed by atoms with Gasteiger partial charge in [-0.15, -0.1) is 0 Å². The van der Waals surface area contributed by atoms with Gasteiger partial charge in [0.05, 0.1) is 11.6 Å². The first-order valence-electron chi connectivity index (χ1n) is 6.07. The van der Waals surface area contributed by atoms with E-state index in [1.807, 2.05) is 12.1 Å². The van der Waals surface area contributed by atoms with Crippen LogP contribution < -0.4 is 5.32 Å². The van der Waals surface area contributed by atoms with Crippen LogP contribution in [0.4, 0.5) is 5.69 Å². The van der Waals surface area contributed by atoms with Crippen molar-refractivity contribution in [3.63, 3.8) is 0 Å². The molecular weight excluding hydrogens is 196 g/mol. The third kappa shape index (κ3) is 1.57. The highest BCUT2D eigenvalue weighted by molar-refractivity contribution is 5.57. The van der Waals surface area contributed by atoms with E-state index in [9.17, 15) is 0 Å². The van der Waals surface area contributed by atoms with Gasteiger partial charge in [0.1, 0.15) is 0 Å². The minimum atomic E-state index is 0.653. The highest BCUT2D eigenvalue weighted by atomic mass is 15.0. The van der Waals surface area contributed by atoms with Crippen LogP contribution in [-0.2, 0) is 6.42 Å². The Morgan fingerprint density at radius 3 is 2.88 bits per heavy atom. The molecule has 0 bridgehead atoms. The lowest BCUT2D eigenvalue weighted by molar-refractivity contribution is 0.426. The molecule has 16 heavy (non-hydrogen) atoms. The maximum Gasteiger partial charge on any atom is 0.0991 e. The van der Waals surface area contributed by atoms with Crippen molar-refractivity contribution in [2.24, 2.45) is 11.8 Å². The highest BCUT2D eigenvalue weighted by Crippen LogP contribution is 2.41. The summed E-state index contributed by atoms with van der Waals surface area (Å²) in [7, 11) is 0. The Labute approximate surface area is 96.3 Å². The molecule has 1 aromatic rings. The maximum absolute atomic E-state index is 8.88. The summed E-state index contributed by atoms with van der Waals surface area (Å²) in [6.45, 7) is 2.32. The fourth-order valence-corrected chi connectivity index (χ4v) is 2.81. The Bertz CT molecular complexity index is 454. The van der Waals surface area contributed by atoms with Gasteiger partial charge in [0, 0.05) is 11.7 Å². The maximum atomic E-state index is 8.88. The average molecular weight is 212 g/mol. The van der Waals surface area contributed by atoms with Crippen molar-refractivity contribution in [3.05, 3.63) is 29.3 Å². The summed E-state index contributed by atoms with van der Waals surface area (Å²) in [4.78, 5) is 0. The zero-order valence-corrected chi connectivity index (χ0v) is 9.53. The third-order valence-electron chi connectivity index (χ3n) is 3.84. The lowest BCUT2D eigenvalue weighted by Gasteiger charge is -2.33. The van der Waals surface area contributed by atoms with E-state index in [0.29, 0.717) is 12.0 Å². The van der Waals surface area contributed by atoms with Crippen LogP contribution in [0.3, 0.4) is 0 Å². The molecule has 3 rings (SSSR count). The van der Waals surface area contributed by atoms with Crippen molar-refractivity contribution in [2.75, 3.05) is 5.32 Å². The van der Waals surface area contributed by atoms with Gasteiger partial charge in [-0.25, -0.2) is 0 Å². The molecule has 82 valence electrons. The molecule has 1 saturated carbocycles. The standard InChI is InChI=1S/C14H16N2/c1-9-6-12-7-10(8-15)2-5-13(12)16-14(9)11-3-4-11/h2,5,7,9,11,14,16H,3-4,6H2,1H3. The predicted molar refractivity (Wildman–Crippen MR) is 64.2 cm³/mol. The molecule has 2 nitrogen and oxygen atoms in total. The first kappa shape index (κ1) is 9.72. The lowest BCUT2D eigenvalue weighted by atomic mass is 9.85. The minimum Gasteiger partial charge on any atom is -0.382 e. The summed E-state index contributed by atoms with van der Waals surface area (Å²) >= 11 is 0. The summed E-state index contributed by atoms with van der Waals surface area (Å²) in [5.74, 6) is 1.58. The Balaban J connectivity index is 1.91. The molecule has 1 N–H and O–H groups in total. The van der Waals surface area contributed by atoms with Crippen LogP contribution in [0.2, 0.25) is 0 Å². The molecule has 1 aliphatic heterocycles. The Morgan fingerprint density at radius 1 is 1.38 bits per heavy atom. The van der Waals surface area contributed by atoms with Gasteiger partial charge in [0.25, 0.3) is 0 Å². The molecule has 2 aliphatic rings. The van der Waals surface area contributed by atoms with Crippen LogP contribution in [0.5, 0.6) is 0 Å². The largest absolute Gasteiger partial charge is 0.382 e. The topological polar surface area (TPSA) is 35.8 Å². The van der Waals surface area contributed by atoms with Crippen LogP contribution in [0.15, 0.2) is 18.2 Å². The van der Waals surface area contributed by atoms with Crippen molar-refractivity contribution >= 4 is 5.69 Å². The van der Waals surface area contributed by atoms with Crippen molar-refractivity contribution in [2.45, 2.75) is 32.2 Å². The van der Waals surface area contributed by atoms with E-state index in [0.717, 1.165) is 17.9 Å². The van der Waals surface area contributed by atoms with Crippen molar-refractivity contribution < 1.29 is 0 Å². The second-order valence-corrected chi connectivity index (χ2v) is 5.17. The van der Waals surface area contributed by atoms with Crippen LogP contribution >= 0.6 is 0 Å². The van der Waals surface area contributed by atoms with Crippen LogP contribution in [0.1, 0.15) is 30.9 Å². The monoisotopic (exact) mass is 212 g/mol. The van der Waals surface area contributed by atoms with Gasteiger partial charge >= 0.3 is 0 Å². The SMILES string of the molecule is CC1Cc2cc(C#N)ccc2NC1C1CC1. The van der Waals surface area contributed by atoms with Gasteiger partial charge in [0.15, 0.2) is 0 Å². The van der Waals surface area contributed by atoms with Crippen LogP contribution in [0, 0.1) is 23.2 Å². The Morgan fingerprint density at radius 2 is 2.19 bits per heavy atom. The number of nitrogens with zero attached hydrogens (tertiary/aromatic N) is 1. The van der Waals surface area contributed by atoms with Gasteiger partial charge in [0.2, 0.25) is 0 Å². The molecule has 2 heteroatoms. The van der Waals surface area contributed by atoms with E-state index in [2.05, 4.69) is 24.4 Å². The second kappa shape index (κ2) is 3.52. The van der Waals surface area contributed by atoms with E-state index in [4.69, 9.17) is 5.26 Å². The number of benzene rings is 1. The van der Waals surface area contributed by atoms with E-state index in [-0.39, 0.29) is 0 Å². The molecule has 1 aliphatic carbocycles. The van der Waals surface area contributed by atoms with Gasteiger partial charge in [-0.3, -0.25) is 0 Å². The minimum absolute atomic E-state index is 0.653. The lowest BCUT2D eigenvalue weighted by Crippen LogP contribution is -2.35. The summed E-state index contributed by atoms with van der Waals surface area (Å²) in [5, 5.41) is 12.5. The van der Waals surface area contributed by atoms with Crippen molar-refractivity contribution in [1.29, 1.82) is 5.26 Å². The molecule has 0 spiro atoms. The summed E-state index contributed by atoms with van der Waals surface area (Å²) in [6.07, 6.45) is 3.88. The van der Waals surface area contributed by atoms with E-state index in [1.165, 1.54) is 24.1 Å². The van der Waals surface area contributed by atoms with Crippen LogP contribution in [-0.4, -0.2) is 6.04 Å². The molecule has 0 radical (unpaired) electrons. The van der Waals surface area contributed by atoms with Gasteiger partial charge < -0.3 is 5.32 Å². The number of hydrogen-bond acceptors (Lipinski definition) is 2. The number of nitriles is 1. The number of nitrogens with one attached hydrogen (secondary N) is 1. The Hall–Kier alpha value is -1.49. The predicted octanol–water partition coefficient (Wildman–Crippen LogP) is 2.94. The molecule has 1 aromatic carbocycles. The van der Waals surface area contributed by atoms with E-state index >= 15 is 0 Å². The van der Waals surface area contributed by atoms with Gasteiger partial charge in [-0.05, 0) is 54.9 Å². The molecule has 0 saturated heterocycles. The Kier molecular flexibility index (Phi) is 2.14. The highest BCUT2D eigenvalue weighted by Gasteiger charge is 2.37. The van der Waals surface area contributed by atoms with Crippen molar-refractivity contribution in [3.8, 4) is 6.07 Å². The zero-order chi connectivity index (χ0) is 11.1. The van der Waals surface area contributed by atoms with Gasteiger partial charge in [-0.1, -0.05) is 6.92 Å². The molecule has 2 unspecified atom stereocenters. The smallest absolute Gasteiger partial charge is 0.0991 e. The first-order chi connectivity index (χ1) is 7.78. The molecule has 1 heterocycles. The first-order valence-corrected chi connectivity index (χ1v) is 6.07. The molecule has 0 aromatic heterocycles. The van der Waals surface area contributed by atoms with E-state index < -0.39 is 0 Å². The zero-order valence-electron chi connectivity index (χ0n) is 9.53. The number of fused-ring (bicyclic) bond motifs is 1. The fraction of sp³-hybridized carbons (Fsp3) is 0.500. The van der Waals surface area contributed by atoms with Crippen molar-refractivity contribution in [1.82, 2.24) is 0 Å². The number of rotatable bonds is 1. The molecule has 2 atom stereocenters. The second-order valence-electron chi connectivity index (χ2n) is 5.17. The molecule has 1 fully saturated rings. The molecule has 0 amide bonds. The summed E-state index contributed by atoms with van der Waals surface area (Å²) in [5.41, 5.74) is 3.33. The number of anilines is 1. The quantitative estimate of drug-likeness (QED) is 0.777. The van der Waals surface area contributed by atoms with Crippen LogP contribution in [0.25, 0.3) is 0 Å². The summed E-state index contributed by atoms with van der Waals surface area (Å²) in [6, 6.07) is 8.87. The summed E-state index contributed by atoms with van der Waals surface area (Å²) < 4.78 is 0. The fourth-order valence-electron chi connectivity index (χ4n) is 2.81. The average Bonchev–Trinajstić information content (AvgIpc) is 3.11. The third-order valence-corrected chi connectivity index (χ3v) is 3.84. The van der Waals surface area contributed by atoms with Gasteiger partial charge in [-0.2, -0.15) is 5.26 Å². The van der Waals surface area contributed by atoms with E-state index in [1.54, 1.807) is 0 Å². The number of hydrogen-bond donors (Lipinski definition) is 1. The normalized spacial score (nSPS) is 27.8.